The number of aliphatic hydroxyl groups is 1. The third-order valence-corrected chi connectivity index (χ3v) is 5.33. The number of hydrogen-bond acceptors (Lipinski definition) is 8. The lowest BCUT2D eigenvalue weighted by Crippen LogP contribution is -2.60. The number of carboxylic acids is 1. The molecule has 1 aliphatic rings. The van der Waals surface area contributed by atoms with E-state index in [2.05, 4.69) is 17.6 Å². The lowest BCUT2D eigenvalue weighted by Gasteiger charge is -2.25. The zero-order valence-electron chi connectivity index (χ0n) is 19.5. The maximum absolute atomic E-state index is 12.5. The quantitative estimate of drug-likeness (QED) is 0.139. The van der Waals surface area contributed by atoms with Gasteiger partial charge in [0, 0.05) is 19.3 Å². The highest BCUT2D eigenvalue weighted by atomic mass is 16.7. The average Bonchev–Trinajstić information content (AvgIpc) is 3.06. The molecule has 0 aliphatic carbocycles. The summed E-state index contributed by atoms with van der Waals surface area (Å²) >= 11 is 0. The molecule has 0 bridgehead atoms. The second-order valence-electron chi connectivity index (χ2n) is 8.29. The first-order valence-corrected chi connectivity index (χ1v) is 11.7. The monoisotopic (exact) mass is 471 g/mol. The highest BCUT2D eigenvalue weighted by Crippen LogP contribution is 2.13. The zero-order valence-corrected chi connectivity index (χ0v) is 19.5. The molecule has 11 heteroatoms. The Bertz CT molecular complexity index is 667. The first-order valence-electron chi connectivity index (χ1n) is 11.7. The number of unbranched alkanes of at least 4 members (excludes halogenated alkanes) is 8. The molecule has 1 fully saturated rings. The topological polar surface area (TPSA) is 162 Å². The molecule has 0 spiro atoms. The van der Waals surface area contributed by atoms with Crippen molar-refractivity contribution < 1.29 is 39.0 Å². The van der Waals surface area contributed by atoms with E-state index in [-0.39, 0.29) is 19.3 Å². The molecule has 1 unspecified atom stereocenters. The molecule has 1 rings (SSSR count). The van der Waals surface area contributed by atoms with E-state index in [1.165, 1.54) is 32.6 Å². The molecule has 0 radical (unpaired) electrons. The molecule has 0 aromatic heterocycles. The fourth-order valence-corrected chi connectivity index (χ4v) is 3.39. The summed E-state index contributed by atoms with van der Waals surface area (Å²) in [6.45, 7) is 3.37. The Kier molecular flexibility index (Phi) is 13.2. The minimum absolute atomic E-state index is 0.106. The van der Waals surface area contributed by atoms with E-state index in [1.807, 2.05) is 0 Å². The number of hydroxylamine groups is 2. The van der Waals surface area contributed by atoms with Gasteiger partial charge in [-0.2, -0.15) is 0 Å². The van der Waals surface area contributed by atoms with Gasteiger partial charge in [0.1, 0.15) is 6.04 Å². The molecule has 1 aliphatic heterocycles. The van der Waals surface area contributed by atoms with Crippen LogP contribution in [0.15, 0.2) is 0 Å². The van der Waals surface area contributed by atoms with Crippen molar-refractivity contribution in [2.45, 2.75) is 109 Å². The highest BCUT2D eigenvalue weighted by Gasteiger charge is 2.37. The van der Waals surface area contributed by atoms with Gasteiger partial charge in [0.05, 0.1) is 6.10 Å². The molecular weight excluding hydrogens is 434 g/mol. The van der Waals surface area contributed by atoms with Crippen molar-refractivity contribution in [2.75, 3.05) is 0 Å². The van der Waals surface area contributed by atoms with Crippen LogP contribution in [-0.4, -0.2) is 63.2 Å². The Balaban J connectivity index is 2.58. The molecule has 3 amide bonds. The van der Waals surface area contributed by atoms with Crippen molar-refractivity contribution in [2.24, 2.45) is 0 Å². The smallest absolute Gasteiger partial charge is 0.369 e. The standard InChI is InChI=1S/C22H37N3O8/c1-3-4-5-6-7-8-9-10-11-12-16(27)23-20(24-19(15(2)26)21(30)31)22(32)33-25-17(28)13-14-18(25)29/h15,19-20,24,26H,3-14H2,1-2H3,(H,23,27)(H,30,31)/t15-,19+,20?/m1/s1. The maximum atomic E-state index is 12.5. The van der Waals surface area contributed by atoms with Crippen LogP contribution in [0.5, 0.6) is 0 Å². The SMILES string of the molecule is CCCCCCCCCCCC(=O)NC(N[C@H](C(=O)O)[C@@H](C)O)C(=O)ON1C(=O)CCC1=O. The van der Waals surface area contributed by atoms with Gasteiger partial charge in [0.2, 0.25) is 5.91 Å². The fourth-order valence-electron chi connectivity index (χ4n) is 3.39. The van der Waals surface area contributed by atoms with Gasteiger partial charge in [0.15, 0.2) is 6.17 Å². The molecule has 0 saturated carbocycles. The van der Waals surface area contributed by atoms with Crippen LogP contribution in [0.2, 0.25) is 0 Å². The number of imide groups is 1. The summed E-state index contributed by atoms with van der Waals surface area (Å²) in [6, 6.07) is -1.60. The predicted molar refractivity (Wildman–Crippen MR) is 117 cm³/mol. The van der Waals surface area contributed by atoms with Crippen molar-refractivity contribution in [3.05, 3.63) is 0 Å². The number of rotatable bonds is 17. The van der Waals surface area contributed by atoms with Gasteiger partial charge < -0.3 is 20.4 Å². The lowest BCUT2D eigenvalue weighted by molar-refractivity contribution is -0.200. The number of nitrogens with one attached hydrogen (secondary N) is 2. The van der Waals surface area contributed by atoms with Crippen LogP contribution < -0.4 is 10.6 Å². The molecule has 1 heterocycles. The second kappa shape index (κ2) is 15.3. The van der Waals surface area contributed by atoms with Crippen LogP contribution in [0.25, 0.3) is 0 Å². The summed E-state index contributed by atoms with van der Waals surface area (Å²) in [5.41, 5.74) is 0. The van der Waals surface area contributed by atoms with Crippen LogP contribution in [-0.2, 0) is 28.8 Å². The minimum atomic E-state index is -1.67. The van der Waals surface area contributed by atoms with Crippen LogP contribution in [0.1, 0.15) is 90.9 Å². The van der Waals surface area contributed by atoms with Gasteiger partial charge in [-0.15, -0.1) is 5.06 Å². The van der Waals surface area contributed by atoms with Gasteiger partial charge >= 0.3 is 11.9 Å². The Morgan fingerprint density at radius 1 is 0.970 bits per heavy atom. The summed E-state index contributed by atoms with van der Waals surface area (Å²) in [6.07, 6.45) is 6.38. The second-order valence-corrected chi connectivity index (χ2v) is 8.29. The van der Waals surface area contributed by atoms with Crippen molar-refractivity contribution in [1.82, 2.24) is 15.7 Å². The Labute approximate surface area is 194 Å². The molecule has 33 heavy (non-hydrogen) atoms. The third kappa shape index (κ3) is 10.8. The molecular formula is C22H37N3O8. The summed E-state index contributed by atoms with van der Waals surface area (Å²) < 4.78 is 0. The molecule has 1 saturated heterocycles. The van der Waals surface area contributed by atoms with Gasteiger partial charge in [-0.25, -0.2) is 4.79 Å². The van der Waals surface area contributed by atoms with Crippen LogP contribution in [0, 0.1) is 0 Å². The number of carboxylic acid groups (broad SMARTS) is 1. The van der Waals surface area contributed by atoms with Crippen molar-refractivity contribution >= 4 is 29.7 Å². The van der Waals surface area contributed by atoms with Gasteiger partial charge in [-0.1, -0.05) is 58.3 Å². The summed E-state index contributed by atoms with van der Waals surface area (Å²) in [5, 5.41) is 23.9. The Morgan fingerprint density at radius 3 is 1.97 bits per heavy atom. The molecule has 188 valence electrons. The number of hydrogen-bond donors (Lipinski definition) is 4. The molecule has 3 atom stereocenters. The van der Waals surface area contributed by atoms with E-state index >= 15 is 0 Å². The van der Waals surface area contributed by atoms with Crippen LogP contribution in [0.4, 0.5) is 0 Å². The normalized spacial score (nSPS) is 16.4. The zero-order chi connectivity index (χ0) is 24.8. The van der Waals surface area contributed by atoms with E-state index < -0.39 is 48.0 Å². The van der Waals surface area contributed by atoms with E-state index in [1.54, 1.807) is 0 Å². The largest absolute Gasteiger partial charge is 0.480 e. The number of nitrogens with zero attached hydrogens (tertiary/aromatic N) is 1. The van der Waals surface area contributed by atoms with Crippen molar-refractivity contribution in [3.63, 3.8) is 0 Å². The molecule has 4 N–H and O–H groups in total. The Morgan fingerprint density at radius 2 is 1.48 bits per heavy atom. The van der Waals surface area contributed by atoms with Gasteiger partial charge in [-0.3, -0.25) is 24.5 Å². The summed E-state index contributed by atoms with van der Waals surface area (Å²) in [5.74, 6) is -4.63. The number of carbonyl (C=O) groups excluding carboxylic acids is 4. The number of aliphatic hydroxyl groups excluding tert-OH is 1. The number of amides is 3. The number of carbonyl (C=O) groups is 5. The fraction of sp³-hybridized carbons (Fsp3) is 0.773. The van der Waals surface area contributed by atoms with E-state index in [0.717, 1.165) is 25.7 Å². The van der Waals surface area contributed by atoms with Gasteiger partial charge in [-0.05, 0) is 13.3 Å². The van der Waals surface area contributed by atoms with Crippen LogP contribution in [0.3, 0.4) is 0 Å². The highest BCUT2D eigenvalue weighted by molar-refractivity contribution is 6.02. The van der Waals surface area contributed by atoms with Gasteiger partial charge in [0.25, 0.3) is 11.8 Å². The number of aliphatic carboxylic acids is 1. The molecule has 0 aromatic rings. The van der Waals surface area contributed by atoms with E-state index in [0.29, 0.717) is 11.5 Å². The summed E-state index contributed by atoms with van der Waals surface area (Å²) in [4.78, 5) is 64.4. The first-order chi connectivity index (χ1) is 15.7. The Hall–Kier alpha value is -2.53. The average molecular weight is 472 g/mol. The minimum Gasteiger partial charge on any atom is -0.480 e. The summed E-state index contributed by atoms with van der Waals surface area (Å²) in [7, 11) is 0. The van der Waals surface area contributed by atoms with Crippen molar-refractivity contribution in [1.29, 1.82) is 0 Å². The third-order valence-electron chi connectivity index (χ3n) is 5.33. The van der Waals surface area contributed by atoms with E-state index in [9.17, 15) is 34.2 Å². The van der Waals surface area contributed by atoms with Crippen molar-refractivity contribution in [3.8, 4) is 0 Å². The molecule has 0 aromatic carbocycles. The lowest BCUT2D eigenvalue weighted by atomic mass is 10.1. The first kappa shape index (κ1) is 28.5. The van der Waals surface area contributed by atoms with Crippen LogP contribution >= 0.6 is 0 Å². The molecule has 11 nitrogen and oxygen atoms in total. The predicted octanol–water partition coefficient (Wildman–Crippen LogP) is 1.38. The van der Waals surface area contributed by atoms with E-state index in [4.69, 9.17) is 4.84 Å². The maximum Gasteiger partial charge on any atom is 0.369 e.